The van der Waals surface area contributed by atoms with E-state index in [4.69, 9.17) is 0 Å². The summed E-state index contributed by atoms with van der Waals surface area (Å²) in [6.45, 7) is 5.05. The molecule has 4 heterocycles. The Balaban J connectivity index is 0.00000289. The zero-order valence-electron chi connectivity index (χ0n) is 18.4. The molecule has 1 aromatic heterocycles. The van der Waals surface area contributed by atoms with E-state index in [0.29, 0.717) is 31.6 Å². The van der Waals surface area contributed by atoms with E-state index in [2.05, 4.69) is 9.88 Å². The number of aromatic nitrogens is 1. The van der Waals surface area contributed by atoms with E-state index in [-0.39, 0.29) is 23.3 Å². The summed E-state index contributed by atoms with van der Waals surface area (Å²) in [7, 11) is -4.11. The number of fused-ring (bicyclic) bond motifs is 1. The average molecular weight is 483 g/mol. The summed E-state index contributed by atoms with van der Waals surface area (Å²) in [4.78, 5) is 34.3. The summed E-state index contributed by atoms with van der Waals surface area (Å²) in [5.74, 6) is -1.03. The maximum Gasteiger partial charge on any atom is 0.288 e. The van der Waals surface area contributed by atoms with Crippen molar-refractivity contribution < 1.29 is 18.0 Å². The monoisotopic (exact) mass is 482 g/mol. The number of sulfonamides is 1. The Kier molecular flexibility index (Phi) is 7.95. The van der Waals surface area contributed by atoms with Gasteiger partial charge in [-0.3, -0.25) is 9.59 Å². The van der Waals surface area contributed by atoms with Crippen LogP contribution in [-0.2, 0) is 19.6 Å². The minimum Gasteiger partial charge on any atom is -0.329 e. The molecule has 0 radical (unpaired) electrons. The van der Waals surface area contributed by atoms with Gasteiger partial charge in [0.1, 0.15) is 0 Å². The molecule has 0 saturated carbocycles. The lowest BCUT2D eigenvalue weighted by Crippen LogP contribution is -2.42. The first-order chi connectivity index (χ1) is 14.9. The molecule has 176 valence electrons. The van der Waals surface area contributed by atoms with E-state index in [9.17, 15) is 18.0 Å². The molecule has 2 atom stereocenters. The minimum atomic E-state index is -4.11. The van der Waals surface area contributed by atoms with Gasteiger partial charge >= 0.3 is 0 Å². The lowest BCUT2D eigenvalue weighted by Gasteiger charge is -2.30. The number of carbonyl (C=O) groups is 2. The molecule has 1 aromatic rings. The molecule has 8 nitrogen and oxygen atoms in total. The maximum absolute atomic E-state index is 13.2. The van der Waals surface area contributed by atoms with Gasteiger partial charge in [-0.2, -0.15) is 8.42 Å². The van der Waals surface area contributed by atoms with E-state index >= 15 is 0 Å². The predicted octanol–water partition coefficient (Wildman–Crippen LogP) is 2.42. The van der Waals surface area contributed by atoms with Crippen LogP contribution in [0, 0.1) is 5.92 Å². The highest BCUT2D eigenvalue weighted by Crippen LogP contribution is 2.41. The summed E-state index contributed by atoms with van der Waals surface area (Å²) >= 11 is 0. The van der Waals surface area contributed by atoms with E-state index in [1.54, 1.807) is 23.1 Å². The molecule has 0 spiro atoms. The van der Waals surface area contributed by atoms with Gasteiger partial charge in [-0.15, -0.1) is 12.4 Å². The molecule has 0 aromatic carbocycles. The van der Waals surface area contributed by atoms with Crippen molar-refractivity contribution in [2.24, 2.45) is 5.92 Å². The number of rotatable bonds is 7. The summed E-state index contributed by atoms with van der Waals surface area (Å²) in [5.41, 5.74) is 0.403. The van der Waals surface area contributed by atoms with Gasteiger partial charge in [0.05, 0.1) is 17.7 Å². The van der Waals surface area contributed by atoms with E-state index in [1.807, 2.05) is 6.92 Å². The normalized spacial score (nSPS) is 23.7. The lowest BCUT2D eigenvalue weighted by atomic mass is 9.96. The SMILES string of the molecule is CCC[C@H]1C(=O)N(S(=O)(=O)c2ccccn2)C2=CCN(C(=O)CCN3CCCCC3)[C@@H]21.Cl. The highest BCUT2D eigenvalue weighted by molar-refractivity contribution is 7.89. The van der Waals surface area contributed by atoms with Crippen LogP contribution in [0.25, 0.3) is 0 Å². The zero-order valence-corrected chi connectivity index (χ0v) is 20.0. The third-order valence-corrected chi connectivity index (χ3v) is 8.06. The number of pyridine rings is 1. The van der Waals surface area contributed by atoms with Crippen LogP contribution < -0.4 is 0 Å². The van der Waals surface area contributed by atoms with E-state index in [0.717, 1.165) is 23.8 Å². The first-order valence-corrected chi connectivity index (χ1v) is 12.6. The molecule has 2 saturated heterocycles. The molecule has 10 heteroatoms. The van der Waals surface area contributed by atoms with Crippen molar-refractivity contribution in [2.75, 3.05) is 26.2 Å². The number of amides is 2. The van der Waals surface area contributed by atoms with Crippen molar-refractivity contribution in [3.05, 3.63) is 36.2 Å². The van der Waals surface area contributed by atoms with Crippen molar-refractivity contribution in [1.29, 1.82) is 0 Å². The average Bonchev–Trinajstić information content (AvgIpc) is 3.32. The van der Waals surface area contributed by atoms with Crippen LogP contribution >= 0.6 is 12.4 Å². The van der Waals surface area contributed by atoms with Gasteiger partial charge in [0.2, 0.25) is 11.8 Å². The quantitative estimate of drug-likeness (QED) is 0.592. The number of halogens is 1. The van der Waals surface area contributed by atoms with Crippen molar-refractivity contribution in [1.82, 2.24) is 19.1 Å². The highest BCUT2D eigenvalue weighted by Gasteiger charge is 2.54. The molecule has 3 aliphatic heterocycles. The van der Waals surface area contributed by atoms with Crippen molar-refractivity contribution >= 4 is 34.2 Å². The molecule has 32 heavy (non-hydrogen) atoms. The molecule has 2 fully saturated rings. The second-order valence-corrected chi connectivity index (χ2v) is 10.2. The first-order valence-electron chi connectivity index (χ1n) is 11.2. The fraction of sp³-hybridized carbons (Fsp3) is 0.591. The molecule has 2 amide bonds. The zero-order chi connectivity index (χ0) is 22.0. The highest BCUT2D eigenvalue weighted by atomic mass is 35.5. The van der Waals surface area contributed by atoms with Crippen molar-refractivity contribution in [2.45, 2.75) is 56.5 Å². The van der Waals surface area contributed by atoms with Crippen LogP contribution in [0.15, 0.2) is 41.2 Å². The van der Waals surface area contributed by atoms with Crippen molar-refractivity contribution in [3.63, 3.8) is 0 Å². The minimum absolute atomic E-state index is 0. The summed E-state index contributed by atoms with van der Waals surface area (Å²) < 4.78 is 27.4. The second-order valence-electron chi connectivity index (χ2n) is 8.44. The van der Waals surface area contributed by atoms with Crippen LogP contribution in [0.3, 0.4) is 0 Å². The third kappa shape index (κ3) is 4.56. The molecule has 0 aliphatic carbocycles. The molecule has 0 N–H and O–H groups in total. The molecular formula is C22H31ClN4O4S. The Labute approximate surface area is 196 Å². The Hall–Kier alpha value is -1.97. The number of hydrogen-bond donors (Lipinski definition) is 0. The maximum atomic E-state index is 13.2. The van der Waals surface area contributed by atoms with Gasteiger partial charge in [0, 0.05) is 25.7 Å². The van der Waals surface area contributed by atoms with Crippen LogP contribution in [0.4, 0.5) is 0 Å². The van der Waals surface area contributed by atoms with Gasteiger partial charge in [-0.1, -0.05) is 25.8 Å². The van der Waals surface area contributed by atoms with Gasteiger partial charge < -0.3 is 9.80 Å². The molecule has 4 rings (SSSR count). The van der Waals surface area contributed by atoms with Gasteiger partial charge in [-0.05, 0) is 50.6 Å². The van der Waals surface area contributed by atoms with Crippen LogP contribution in [0.5, 0.6) is 0 Å². The number of likely N-dealkylation sites (tertiary alicyclic amines) is 1. The molecule has 3 aliphatic rings. The van der Waals surface area contributed by atoms with E-state index < -0.39 is 27.9 Å². The van der Waals surface area contributed by atoms with Crippen molar-refractivity contribution in [3.8, 4) is 0 Å². The Bertz CT molecular complexity index is 963. The Morgan fingerprint density at radius 3 is 2.59 bits per heavy atom. The second kappa shape index (κ2) is 10.3. The Morgan fingerprint density at radius 1 is 1.19 bits per heavy atom. The standard InChI is InChI=1S/C22H30N4O4S.ClH/c1-2-8-17-21-18(26(22(17)28)31(29,30)19-9-4-5-12-23-19)10-16-25(21)20(27)11-15-24-13-6-3-7-14-24;/h4-5,9-10,12,17,21H,2-3,6-8,11,13-16H2,1H3;1H/t17-,21-;/m1./s1. The Morgan fingerprint density at radius 2 is 1.94 bits per heavy atom. The van der Waals surface area contributed by atoms with Crippen LogP contribution in [0.1, 0.15) is 45.4 Å². The number of hydrogen-bond acceptors (Lipinski definition) is 6. The first kappa shape index (κ1) is 24.7. The smallest absolute Gasteiger partial charge is 0.288 e. The summed E-state index contributed by atoms with van der Waals surface area (Å²) in [6, 6.07) is 4.09. The largest absolute Gasteiger partial charge is 0.329 e. The fourth-order valence-electron chi connectivity index (χ4n) is 4.91. The van der Waals surface area contributed by atoms with Crippen LogP contribution in [-0.4, -0.2) is 71.5 Å². The van der Waals surface area contributed by atoms with Gasteiger partial charge in [0.25, 0.3) is 10.0 Å². The molecule has 0 unspecified atom stereocenters. The van der Waals surface area contributed by atoms with Gasteiger partial charge in [0.15, 0.2) is 5.03 Å². The lowest BCUT2D eigenvalue weighted by molar-refractivity contribution is -0.134. The summed E-state index contributed by atoms with van der Waals surface area (Å²) in [5, 5.41) is -0.157. The number of carbonyl (C=O) groups excluding carboxylic acids is 2. The topological polar surface area (TPSA) is 90.9 Å². The van der Waals surface area contributed by atoms with Crippen LogP contribution in [0.2, 0.25) is 0 Å². The molecular weight excluding hydrogens is 452 g/mol. The summed E-state index contributed by atoms with van der Waals surface area (Å²) in [6.07, 6.45) is 8.34. The number of nitrogens with zero attached hydrogens (tertiary/aromatic N) is 4. The number of piperidine rings is 1. The molecule has 0 bridgehead atoms. The van der Waals surface area contributed by atoms with Gasteiger partial charge in [-0.25, -0.2) is 9.29 Å². The van der Waals surface area contributed by atoms with E-state index in [1.165, 1.54) is 31.5 Å². The fourth-order valence-corrected chi connectivity index (χ4v) is 6.37. The predicted molar refractivity (Wildman–Crippen MR) is 122 cm³/mol. The third-order valence-electron chi connectivity index (χ3n) is 6.42.